The second kappa shape index (κ2) is 6.83. The number of rotatable bonds is 8. The van der Waals surface area contributed by atoms with Crippen LogP contribution in [0.1, 0.15) is 20.3 Å². The van der Waals surface area contributed by atoms with Gasteiger partial charge in [0.05, 0.1) is 13.7 Å². The molecule has 8 nitrogen and oxygen atoms in total. The Hall–Kier alpha value is 0.220. The molecular formula is C6H16O8P2. The molecule has 0 saturated heterocycles. The van der Waals surface area contributed by atoms with Gasteiger partial charge in [0.2, 0.25) is 0 Å². The highest BCUT2D eigenvalue weighted by Crippen LogP contribution is 2.60. The quantitative estimate of drug-likeness (QED) is 0.393. The first-order chi connectivity index (χ1) is 7.18. The van der Waals surface area contributed by atoms with E-state index in [1.807, 2.05) is 13.8 Å². The van der Waals surface area contributed by atoms with Gasteiger partial charge in [-0.2, -0.15) is 4.31 Å². The van der Waals surface area contributed by atoms with Gasteiger partial charge in [0.1, 0.15) is 0 Å². The van der Waals surface area contributed by atoms with E-state index in [4.69, 9.17) is 9.79 Å². The van der Waals surface area contributed by atoms with Crippen molar-refractivity contribution in [1.82, 2.24) is 0 Å². The minimum absolute atomic E-state index is 0.0710. The van der Waals surface area contributed by atoms with Crippen molar-refractivity contribution < 1.29 is 37.3 Å². The van der Waals surface area contributed by atoms with Gasteiger partial charge in [-0.15, -0.1) is 4.67 Å². The van der Waals surface area contributed by atoms with Gasteiger partial charge in [-0.25, -0.2) is 14.0 Å². The van der Waals surface area contributed by atoms with Crippen molar-refractivity contribution >= 4 is 15.6 Å². The lowest BCUT2D eigenvalue weighted by Gasteiger charge is -2.14. The Morgan fingerprint density at radius 2 is 1.75 bits per heavy atom. The van der Waals surface area contributed by atoms with Gasteiger partial charge in [-0.3, -0.25) is 4.52 Å². The summed E-state index contributed by atoms with van der Waals surface area (Å²) in [5.74, 6) is 0.260. The minimum Gasteiger partial charge on any atom is -0.302 e. The van der Waals surface area contributed by atoms with Crippen LogP contribution in [-0.4, -0.2) is 23.5 Å². The molecule has 16 heavy (non-hydrogen) atoms. The van der Waals surface area contributed by atoms with Gasteiger partial charge in [0, 0.05) is 0 Å². The number of phosphoric acid groups is 2. The van der Waals surface area contributed by atoms with E-state index in [-0.39, 0.29) is 12.5 Å². The number of hydrogen-bond donors (Lipinski definition) is 2. The molecule has 0 saturated carbocycles. The topological polar surface area (TPSA) is 112 Å². The van der Waals surface area contributed by atoms with Gasteiger partial charge in [0.25, 0.3) is 0 Å². The van der Waals surface area contributed by atoms with Crippen LogP contribution in [0.3, 0.4) is 0 Å². The molecular weight excluding hydrogens is 262 g/mol. The van der Waals surface area contributed by atoms with Crippen LogP contribution >= 0.6 is 15.6 Å². The molecule has 0 spiro atoms. The molecule has 2 atom stereocenters. The summed E-state index contributed by atoms with van der Waals surface area (Å²) < 4.78 is 34.1. The molecule has 0 rings (SSSR count). The average Bonchev–Trinajstić information content (AvgIpc) is 1.99. The van der Waals surface area contributed by atoms with E-state index in [9.17, 15) is 9.13 Å². The van der Waals surface area contributed by atoms with Crippen molar-refractivity contribution in [3.63, 3.8) is 0 Å². The molecule has 0 heterocycles. The molecule has 0 radical (unpaired) electrons. The van der Waals surface area contributed by atoms with E-state index in [1.165, 1.54) is 0 Å². The van der Waals surface area contributed by atoms with Crippen molar-refractivity contribution in [3.05, 3.63) is 0 Å². The maximum absolute atomic E-state index is 11.1. The van der Waals surface area contributed by atoms with Gasteiger partial charge >= 0.3 is 15.6 Å². The Bertz CT molecular complexity index is 290. The molecule has 0 aliphatic heterocycles. The molecule has 2 unspecified atom stereocenters. The van der Waals surface area contributed by atoms with Gasteiger partial charge in [-0.1, -0.05) is 13.8 Å². The van der Waals surface area contributed by atoms with Crippen LogP contribution in [0.4, 0.5) is 0 Å². The van der Waals surface area contributed by atoms with Gasteiger partial charge in [-0.05, 0) is 12.3 Å². The Morgan fingerprint density at radius 3 is 2.19 bits per heavy atom. The van der Waals surface area contributed by atoms with Crippen LogP contribution < -0.4 is 0 Å². The monoisotopic (exact) mass is 278 g/mol. The number of phosphoric ester groups is 1. The first-order valence-corrected chi connectivity index (χ1v) is 7.41. The minimum atomic E-state index is -4.74. The lowest BCUT2D eigenvalue weighted by molar-refractivity contribution is -0.194. The average molecular weight is 278 g/mol. The Labute approximate surface area is 93.6 Å². The highest BCUT2D eigenvalue weighted by atomic mass is 31.3. The summed E-state index contributed by atoms with van der Waals surface area (Å²) >= 11 is 0. The molecule has 2 N–H and O–H groups in total. The van der Waals surface area contributed by atoms with Crippen molar-refractivity contribution in [2.75, 3.05) is 13.7 Å². The smallest absolute Gasteiger partial charge is 0.302 e. The molecule has 0 aliphatic carbocycles. The van der Waals surface area contributed by atoms with E-state index in [0.717, 1.165) is 7.11 Å². The first kappa shape index (κ1) is 16.2. The second-order valence-electron chi connectivity index (χ2n) is 3.28. The lowest BCUT2D eigenvalue weighted by atomic mass is 10.2. The fraction of sp³-hybridized carbons (Fsp3) is 1.00. The fourth-order valence-corrected chi connectivity index (χ4v) is 2.53. The van der Waals surface area contributed by atoms with Crippen molar-refractivity contribution in [2.45, 2.75) is 20.3 Å². The summed E-state index contributed by atoms with van der Waals surface area (Å²) in [6.07, 6.45) is 0.509. The normalized spacial score (nSPS) is 19.4. The summed E-state index contributed by atoms with van der Waals surface area (Å²) in [7, 11) is -8.40. The maximum Gasteiger partial charge on any atom is 0.508 e. The van der Waals surface area contributed by atoms with Crippen LogP contribution in [0.25, 0.3) is 0 Å². The van der Waals surface area contributed by atoms with E-state index in [2.05, 4.69) is 18.4 Å². The standard InChI is InChI=1S/C6H16O8P2/c1-6(2)4-5-12-15(7,8)14-16(9,10)13-11-3/h6H,4-5H2,1-3H3,(H,7,8)(H,9,10). The van der Waals surface area contributed by atoms with Crippen molar-refractivity contribution in [2.24, 2.45) is 5.92 Å². The molecule has 0 fully saturated rings. The summed E-state index contributed by atoms with van der Waals surface area (Å²) in [4.78, 5) is 21.7. The SMILES string of the molecule is COOP(=O)(O)OP(=O)(O)OCCC(C)C. The highest BCUT2D eigenvalue weighted by Gasteiger charge is 2.36. The molecule has 98 valence electrons. The summed E-state index contributed by atoms with van der Waals surface area (Å²) in [6, 6.07) is 0. The summed E-state index contributed by atoms with van der Waals surface area (Å²) in [6.45, 7) is 3.70. The zero-order valence-corrected chi connectivity index (χ0v) is 11.0. The van der Waals surface area contributed by atoms with E-state index >= 15 is 0 Å². The van der Waals surface area contributed by atoms with Crippen LogP contribution in [0.15, 0.2) is 0 Å². The van der Waals surface area contributed by atoms with Crippen LogP contribution in [0, 0.1) is 5.92 Å². The molecule has 0 aromatic heterocycles. The molecule has 0 amide bonds. The second-order valence-corrected chi connectivity index (χ2v) is 6.21. The molecule has 0 bridgehead atoms. The predicted molar refractivity (Wildman–Crippen MR) is 54.2 cm³/mol. The summed E-state index contributed by atoms with van der Waals surface area (Å²) in [5, 5.41) is 0. The van der Waals surface area contributed by atoms with E-state index in [0.29, 0.717) is 6.42 Å². The Balaban J connectivity index is 4.14. The molecule has 0 aromatic rings. The third-order valence-electron chi connectivity index (χ3n) is 1.32. The fourth-order valence-electron chi connectivity index (χ4n) is 0.666. The first-order valence-electron chi connectivity index (χ1n) is 4.42. The zero-order valence-electron chi connectivity index (χ0n) is 9.23. The molecule has 0 aromatic carbocycles. The van der Waals surface area contributed by atoms with Crippen LogP contribution in [0.5, 0.6) is 0 Å². The highest BCUT2D eigenvalue weighted by molar-refractivity contribution is 7.61. The zero-order chi connectivity index (χ0) is 12.8. The van der Waals surface area contributed by atoms with Crippen LogP contribution in [-0.2, 0) is 27.5 Å². The van der Waals surface area contributed by atoms with Crippen molar-refractivity contribution in [3.8, 4) is 0 Å². The molecule has 0 aliphatic rings. The van der Waals surface area contributed by atoms with E-state index in [1.54, 1.807) is 0 Å². The van der Waals surface area contributed by atoms with Gasteiger partial charge < -0.3 is 9.79 Å². The van der Waals surface area contributed by atoms with E-state index < -0.39 is 15.6 Å². The maximum atomic E-state index is 11.1. The largest absolute Gasteiger partial charge is 0.508 e. The number of hydrogen-bond acceptors (Lipinski definition) is 6. The predicted octanol–water partition coefficient (Wildman–Crippen LogP) is 1.84. The molecule has 10 heteroatoms. The third-order valence-corrected chi connectivity index (χ3v) is 3.82. The van der Waals surface area contributed by atoms with Gasteiger partial charge in [0.15, 0.2) is 0 Å². The van der Waals surface area contributed by atoms with Crippen LogP contribution in [0.2, 0.25) is 0 Å². The Morgan fingerprint density at radius 1 is 1.19 bits per heavy atom. The van der Waals surface area contributed by atoms with Crippen molar-refractivity contribution in [1.29, 1.82) is 0 Å². The Kier molecular flexibility index (Phi) is 6.93. The summed E-state index contributed by atoms with van der Waals surface area (Å²) in [5.41, 5.74) is 0. The third kappa shape index (κ3) is 8.38. The lowest BCUT2D eigenvalue weighted by Crippen LogP contribution is -2.00.